The molecule has 18 heteroatoms. The molecule has 2 N–H and O–H groups in total. The Bertz CT molecular complexity index is 2120. The smallest absolute Gasteiger partial charge is 0.359 e. The van der Waals surface area contributed by atoms with Gasteiger partial charge in [0.05, 0.1) is 10.5 Å². The summed E-state index contributed by atoms with van der Waals surface area (Å²) in [5.74, 6) is -3.14. The Balaban J connectivity index is 0.000000276. The van der Waals surface area contributed by atoms with Crippen LogP contribution in [-0.2, 0) is 40.9 Å². The third kappa shape index (κ3) is 8.97. The van der Waals surface area contributed by atoms with Crippen molar-refractivity contribution in [2.75, 3.05) is 10.6 Å². The van der Waals surface area contributed by atoms with E-state index in [0.29, 0.717) is 18.0 Å². The van der Waals surface area contributed by atoms with Crippen molar-refractivity contribution in [1.29, 1.82) is 0 Å². The zero-order valence-electron chi connectivity index (χ0n) is 28.4. The zero-order chi connectivity index (χ0) is 38.8. The van der Waals surface area contributed by atoms with E-state index in [9.17, 15) is 48.4 Å². The summed E-state index contributed by atoms with van der Waals surface area (Å²) in [6.45, 7) is 10.4. The summed E-state index contributed by atoms with van der Waals surface area (Å²) in [6, 6.07) is 12.3. The average molecular weight is 759 g/mol. The van der Waals surface area contributed by atoms with E-state index in [1.807, 2.05) is 20.8 Å². The lowest BCUT2D eigenvalue weighted by Crippen LogP contribution is -2.44. The number of aromatic nitrogens is 2. The number of carbonyl (C=O) groups excluding carboxylic acids is 2. The summed E-state index contributed by atoms with van der Waals surface area (Å²) in [7, 11) is -8.53. The number of nitrogens with zero attached hydrogens (tertiary/aromatic N) is 2. The van der Waals surface area contributed by atoms with Crippen molar-refractivity contribution in [2.24, 2.45) is 0 Å². The molecule has 0 aliphatic heterocycles. The minimum absolute atomic E-state index is 0.103. The van der Waals surface area contributed by atoms with Crippen molar-refractivity contribution in [3.05, 3.63) is 95.9 Å². The Labute approximate surface area is 291 Å². The number of pyridine rings is 1. The first-order chi connectivity index (χ1) is 23.2. The predicted molar refractivity (Wildman–Crippen MR) is 177 cm³/mol. The Kier molecular flexibility index (Phi) is 11.6. The third-order valence-electron chi connectivity index (χ3n) is 7.49. The van der Waals surface area contributed by atoms with Crippen LogP contribution in [0.5, 0.6) is 0 Å². The second-order valence-corrected chi connectivity index (χ2v) is 18.0. The molecular weight excluding hydrogens is 724 g/mol. The van der Waals surface area contributed by atoms with Crippen LogP contribution in [0.2, 0.25) is 0 Å². The van der Waals surface area contributed by atoms with Gasteiger partial charge in [0.15, 0.2) is 25.5 Å². The molecule has 0 aliphatic carbocycles. The molecule has 0 radical (unpaired) electrons. The van der Waals surface area contributed by atoms with E-state index >= 15 is 0 Å². The summed E-state index contributed by atoms with van der Waals surface area (Å²) in [5.41, 5.74) is -1.33. The highest BCUT2D eigenvalue weighted by Gasteiger charge is 2.45. The number of carbonyl (C=O) groups is 2. The number of anilines is 2. The van der Waals surface area contributed by atoms with Gasteiger partial charge in [-0.3, -0.25) is 9.59 Å². The second-order valence-electron chi connectivity index (χ2n) is 13.1. The second kappa shape index (κ2) is 14.5. The number of alkyl halides is 3. The van der Waals surface area contributed by atoms with Gasteiger partial charge in [-0.25, -0.2) is 30.6 Å². The molecule has 0 saturated carbocycles. The first kappa shape index (κ1) is 40.7. The molecule has 4 aromatic rings. The highest BCUT2D eigenvalue weighted by Crippen LogP contribution is 2.32. The van der Waals surface area contributed by atoms with Crippen LogP contribution in [0.25, 0.3) is 0 Å². The van der Waals surface area contributed by atoms with Crippen LogP contribution in [0.15, 0.2) is 87.2 Å². The third-order valence-corrected chi connectivity index (χ3v) is 12.3. The molecule has 4 rings (SSSR count). The molecule has 0 saturated heterocycles. The van der Waals surface area contributed by atoms with E-state index < -0.39 is 74.1 Å². The van der Waals surface area contributed by atoms with Crippen molar-refractivity contribution in [2.45, 2.75) is 79.3 Å². The Morgan fingerprint density at radius 2 is 1.27 bits per heavy atom. The van der Waals surface area contributed by atoms with Crippen molar-refractivity contribution >= 4 is 43.1 Å². The maximum absolute atomic E-state index is 13.9. The number of hydrogen-bond donors (Lipinski definition) is 2. The molecule has 51 heavy (non-hydrogen) atoms. The number of hydrogen-bond acceptors (Lipinski definition) is 9. The van der Waals surface area contributed by atoms with Gasteiger partial charge in [-0.2, -0.15) is 13.2 Å². The molecular formula is C33H35F5N4O7S2. The van der Waals surface area contributed by atoms with E-state index in [-0.39, 0.29) is 17.1 Å². The number of rotatable bonds is 8. The monoisotopic (exact) mass is 758 g/mol. The van der Waals surface area contributed by atoms with Gasteiger partial charge in [-0.15, -0.1) is 0 Å². The van der Waals surface area contributed by atoms with E-state index in [2.05, 4.69) is 20.8 Å². The van der Waals surface area contributed by atoms with E-state index in [1.54, 1.807) is 0 Å². The molecule has 0 atom stereocenters. The van der Waals surface area contributed by atoms with Crippen LogP contribution >= 0.6 is 0 Å². The topological polar surface area (TPSA) is 165 Å². The highest BCUT2D eigenvalue weighted by atomic mass is 32.2. The molecule has 276 valence electrons. The summed E-state index contributed by atoms with van der Waals surface area (Å²) in [5, 5.41) is 8.32. The van der Waals surface area contributed by atoms with Crippen molar-refractivity contribution in [3.63, 3.8) is 0 Å². The van der Waals surface area contributed by atoms with Gasteiger partial charge < -0.3 is 15.2 Å². The van der Waals surface area contributed by atoms with Gasteiger partial charge in [0.1, 0.15) is 37.6 Å². The lowest BCUT2D eigenvalue weighted by Gasteiger charge is -2.23. The lowest BCUT2D eigenvalue weighted by atomic mass is 9.93. The van der Waals surface area contributed by atoms with E-state index in [1.165, 1.54) is 38.1 Å². The molecule has 0 unspecified atom stereocenters. The maximum atomic E-state index is 13.9. The Morgan fingerprint density at radius 1 is 0.706 bits per heavy atom. The van der Waals surface area contributed by atoms with Gasteiger partial charge >= 0.3 is 6.18 Å². The van der Waals surface area contributed by atoms with Crippen LogP contribution in [0, 0.1) is 11.6 Å². The SMILES string of the molecule is CC(C)(C(=O)Nc1ccc(C(F)(F)F)cn1)S(=O)(=O)c1cccc(F)c1.CC(C)(C)c1cc(NC(=O)C(C)(C)S(=O)(=O)c2ccccc2F)no1. The predicted octanol–water partition coefficient (Wildman–Crippen LogP) is 6.73. The Hall–Kier alpha value is -4.71. The van der Waals surface area contributed by atoms with Crippen molar-refractivity contribution in [1.82, 2.24) is 10.1 Å². The minimum Gasteiger partial charge on any atom is -0.359 e. The average Bonchev–Trinajstić information content (AvgIpc) is 3.50. The van der Waals surface area contributed by atoms with Gasteiger partial charge in [0, 0.05) is 17.7 Å². The highest BCUT2D eigenvalue weighted by molar-refractivity contribution is 7.94. The van der Waals surface area contributed by atoms with Gasteiger partial charge in [-0.05, 0) is 70.2 Å². The number of sulfone groups is 2. The number of nitrogens with one attached hydrogen (secondary N) is 2. The van der Waals surface area contributed by atoms with Gasteiger partial charge in [0.2, 0.25) is 11.8 Å². The zero-order valence-corrected chi connectivity index (χ0v) is 30.0. The van der Waals surface area contributed by atoms with Gasteiger partial charge in [0.25, 0.3) is 0 Å². The number of amides is 2. The van der Waals surface area contributed by atoms with Crippen LogP contribution < -0.4 is 10.6 Å². The molecule has 0 aliphatic rings. The fraction of sp³-hybridized carbons (Fsp3) is 0.333. The molecule has 2 heterocycles. The van der Waals surface area contributed by atoms with Crippen molar-refractivity contribution < 1.29 is 52.9 Å². The number of benzene rings is 2. The summed E-state index contributed by atoms with van der Waals surface area (Å²) in [4.78, 5) is 27.5. The first-order valence-electron chi connectivity index (χ1n) is 14.9. The van der Waals surface area contributed by atoms with E-state index in [4.69, 9.17) is 4.52 Å². The maximum Gasteiger partial charge on any atom is 0.417 e. The standard InChI is InChI=1S/C17H21FN2O4S.C16H14F4N2O3S/c1-16(2,3)13-10-14(20-24-13)19-15(21)17(4,5)25(22,23)12-9-7-6-8-11(12)18;1-15(2,26(24,25)12-5-3-4-11(17)8-12)14(23)22-13-7-6-10(9-21-13)16(18,19)20/h6-10H,1-5H3,(H,19,20,21);3-9H,1-2H3,(H,21,22,23). The van der Waals surface area contributed by atoms with Crippen LogP contribution in [0.4, 0.5) is 33.6 Å². The molecule has 0 bridgehead atoms. The van der Waals surface area contributed by atoms with Crippen molar-refractivity contribution in [3.8, 4) is 0 Å². The van der Waals surface area contributed by atoms with Crippen LogP contribution in [0.1, 0.15) is 59.8 Å². The number of halogens is 5. The largest absolute Gasteiger partial charge is 0.417 e. The summed E-state index contributed by atoms with van der Waals surface area (Å²) >= 11 is 0. The molecule has 2 aromatic heterocycles. The normalized spacial score (nSPS) is 12.8. The summed E-state index contributed by atoms with van der Waals surface area (Å²) in [6.07, 6.45) is -4.07. The lowest BCUT2D eigenvalue weighted by molar-refractivity contribution is -0.137. The molecule has 0 spiro atoms. The Morgan fingerprint density at radius 3 is 1.76 bits per heavy atom. The quantitative estimate of drug-likeness (QED) is 0.185. The molecule has 0 fully saturated rings. The van der Waals surface area contributed by atoms with Crippen LogP contribution in [0.3, 0.4) is 0 Å². The van der Waals surface area contributed by atoms with E-state index in [0.717, 1.165) is 50.2 Å². The summed E-state index contributed by atoms with van der Waals surface area (Å²) < 4.78 is 117. The fourth-order valence-corrected chi connectivity index (χ4v) is 6.80. The molecule has 2 aromatic carbocycles. The molecule has 2 amide bonds. The minimum atomic E-state index is -4.59. The first-order valence-corrected chi connectivity index (χ1v) is 17.8. The van der Waals surface area contributed by atoms with Gasteiger partial charge in [-0.1, -0.05) is 44.1 Å². The van der Waals surface area contributed by atoms with Crippen LogP contribution in [-0.4, -0.2) is 48.3 Å². The fourth-order valence-electron chi connectivity index (χ4n) is 3.97. The molecule has 11 nitrogen and oxygen atoms in total.